The molecule has 0 aromatic heterocycles. The van der Waals surface area contributed by atoms with Gasteiger partial charge in [-0.2, -0.15) is 13.5 Å². The first-order valence-corrected chi connectivity index (χ1v) is 8.84. The van der Waals surface area contributed by atoms with Crippen LogP contribution in [0.5, 0.6) is 5.75 Å². The Morgan fingerprint density at radius 1 is 1.09 bits per heavy atom. The first kappa shape index (κ1) is 17.0. The summed E-state index contributed by atoms with van der Waals surface area (Å²) < 4.78 is 29.6. The van der Waals surface area contributed by atoms with Crippen molar-refractivity contribution in [2.45, 2.75) is 25.2 Å². The second-order valence-electron chi connectivity index (χ2n) is 5.08. The van der Waals surface area contributed by atoms with E-state index in [0.29, 0.717) is 6.61 Å². The van der Waals surface area contributed by atoms with Crippen molar-refractivity contribution >= 4 is 16.2 Å². The van der Waals surface area contributed by atoms with Gasteiger partial charge in [0.2, 0.25) is 0 Å². The molecule has 2 aromatic rings. The lowest BCUT2D eigenvalue weighted by molar-refractivity contribution is 0.317. The molecule has 5 nitrogen and oxygen atoms in total. The minimum Gasteiger partial charge on any atom is -0.494 e. The molecule has 0 atom stereocenters. The average molecular weight is 332 g/mol. The fourth-order valence-electron chi connectivity index (χ4n) is 1.81. The highest BCUT2D eigenvalue weighted by molar-refractivity contribution is 7.89. The average Bonchev–Trinajstić information content (AvgIpc) is 2.54. The van der Waals surface area contributed by atoms with Crippen molar-refractivity contribution in [3.63, 3.8) is 0 Å². The van der Waals surface area contributed by atoms with Crippen molar-refractivity contribution in [3.8, 4) is 5.75 Å². The lowest BCUT2D eigenvalue weighted by atomic mass is 10.2. The van der Waals surface area contributed by atoms with Gasteiger partial charge in [-0.15, -0.1) is 0 Å². The van der Waals surface area contributed by atoms with E-state index in [1.165, 1.54) is 6.21 Å². The molecule has 0 amide bonds. The quantitative estimate of drug-likeness (QED) is 0.626. The molecule has 0 spiro atoms. The van der Waals surface area contributed by atoms with Crippen LogP contribution in [0.15, 0.2) is 58.5 Å². The van der Waals surface area contributed by atoms with Crippen LogP contribution in [0.3, 0.4) is 0 Å². The van der Waals surface area contributed by atoms with E-state index in [1.54, 1.807) is 24.3 Å². The Bertz CT molecular complexity index is 751. The van der Waals surface area contributed by atoms with Gasteiger partial charge in [0.15, 0.2) is 0 Å². The second-order valence-corrected chi connectivity index (χ2v) is 6.74. The summed E-state index contributed by atoms with van der Waals surface area (Å²) in [5, 5.41) is 3.80. The van der Waals surface area contributed by atoms with Crippen LogP contribution >= 0.6 is 0 Å². The molecule has 6 heteroatoms. The number of aryl methyl sites for hydroxylation is 1. The van der Waals surface area contributed by atoms with Gasteiger partial charge < -0.3 is 4.74 Å². The molecular formula is C17H20N2O3S. The van der Waals surface area contributed by atoms with Crippen LogP contribution in [-0.4, -0.2) is 21.2 Å². The van der Waals surface area contributed by atoms with Gasteiger partial charge in [-0.1, -0.05) is 24.6 Å². The van der Waals surface area contributed by atoms with Gasteiger partial charge in [-0.25, -0.2) is 4.83 Å². The highest BCUT2D eigenvalue weighted by atomic mass is 32.2. The van der Waals surface area contributed by atoms with Gasteiger partial charge in [0.1, 0.15) is 5.75 Å². The number of hydrazone groups is 1. The van der Waals surface area contributed by atoms with Crippen LogP contribution in [0, 0.1) is 6.92 Å². The Kier molecular flexibility index (Phi) is 5.76. The summed E-state index contributed by atoms with van der Waals surface area (Å²) in [6.45, 7) is 4.61. The number of hydrogen-bond donors (Lipinski definition) is 1. The van der Waals surface area contributed by atoms with Crippen molar-refractivity contribution in [2.75, 3.05) is 6.61 Å². The van der Waals surface area contributed by atoms with Crippen LogP contribution in [0.25, 0.3) is 0 Å². The molecule has 0 saturated heterocycles. The third-order valence-corrected chi connectivity index (χ3v) is 4.31. The van der Waals surface area contributed by atoms with Gasteiger partial charge in [0.05, 0.1) is 17.7 Å². The number of ether oxygens (including phenoxy) is 1. The van der Waals surface area contributed by atoms with E-state index in [1.807, 2.05) is 38.1 Å². The molecule has 0 aliphatic rings. The Morgan fingerprint density at radius 2 is 1.74 bits per heavy atom. The molecule has 1 N–H and O–H groups in total. The molecule has 0 radical (unpaired) electrons. The molecular weight excluding hydrogens is 312 g/mol. The Hall–Kier alpha value is -2.34. The van der Waals surface area contributed by atoms with Crippen LogP contribution in [0.4, 0.5) is 0 Å². The molecule has 0 aliphatic heterocycles. The van der Waals surface area contributed by atoms with E-state index in [-0.39, 0.29) is 4.90 Å². The van der Waals surface area contributed by atoms with Crippen molar-refractivity contribution in [2.24, 2.45) is 5.10 Å². The van der Waals surface area contributed by atoms with Crippen molar-refractivity contribution in [1.29, 1.82) is 0 Å². The monoisotopic (exact) mass is 332 g/mol. The third kappa shape index (κ3) is 5.10. The largest absolute Gasteiger partial charge is 0.494 e. The minimum absolute atomic E-state index is 0.184. The van der Waals surface area contributed by atoms with E-state index in [4.69, 9.17) is 4.74 Å². The minimum atomic E-state index is -3.64. The van der Waals surface area contributed by atoms with Crippen molar-refractivity contribution in [1.82, 2.24) is 4.83 Å². The van der Waals surface area contributed by atoms with Crippen molar-refractivity contribution < 1.29 is 13.2 Å². The summed E-state index contributed by atoms with van der Waals surface area (Å²) in [6.07, 6.45) is 2.40. The Balaban J connectivity index is 1.99. The summed E-state index contributed by atoms with van der Waals surface area (Å²) in [5.74, 6) is 0.782. The van der Waals surface area contributed by atoms with Gasteiger partial charge in [-0.3, -0.25) is 0 Å². The summed E-state index contributed by atoms with van der Waals surface area (Å²) in [4.78, 5) is 2.39. The van der Waals surface area contributed by atoms with E-state index in [2.05, 4.69) is 9.93 Å². The summed E-state index contributed by atoms with van der Waals surface area (Å²) in [7, 11) is -3.64. The van der Waals surface area contributed by atoms with Gasteiger partial charge >= 0.3 is 0 Å². The lowest BCUT2D eigenvalue weighted by Crippen LogP contribution is -2.18. The van der Waals surface area contributed by atoms with E-state index < -0.39 is 10.0 Å². The normalized spacial score (nSPS) is 11.6. The summed E-state index contributed by atoms with van der Waals surface area (Å²) in [5.41, 5.74) is 1.78. The molecule has 2 aromatic carbocycles. The number of hydrogen-bond acceptors (Lipinski definition) is 4. The predicted octanol–water partition coefficient (Wildman–Crippen LogP) is 3.10. The van der Waals surface area contributed by atoms with E-state index in [0.717, 1.165) is 23.3 Å². The molecule has 0 unspecified atom stereocenters. The SMILES string of the molecule is CCCOc1ccc(/C=N\NS(=O)(=O)c2ccc(C)cc2)cc1. The van der Waals surface area contributed by atoms with Gasteiger partial charge in [0.25, 0.3) is 10.0 Å². The lowest BCUT2D eigenvalue weighted by Gasteiger charge is -2.05. The van der Waals surface area contributed by atoms with Crippen LogP contribution < -0.4 is 9.57 Å². The Labute approximate surface area is 137 Å². The maximum Gasteiger partial charge on any atom is 0.276 e. The molecule has 0 aliphatic carbocycles. The number of nitrogens with zero attached hydrogens (tertiary/aromatic N) is 1. The molecule has 0 heterocycles. The molecule has 0 bridgehead atoms. The van der Waals surface area contributed by atoms with Gasteiger partial charge in [0, 0.05) is 0 Å². The third-order valence-electron chi connectivity index (χ3n) is 3.07. The highest BCUT2D eigenvalue weighted by Gasteiger charge is 2.11. The summed E-state index contributed by atoms with van der Waals surface area (Å²) >= 11 is 0. The zero-order valence-electron chi connectivity index (χ0n) is 13.2. The summed E-state index contributed by atoms with van der Waals surface area (Å²) in [6, 6.07) is 13.9. The van der Waals surface area contributed by atoms with E-state index >= 15 is 0 Å². The second kappa shape index (κ2) is 7.78. The van der Waals surface area contributed by atoms with Crippen LogP contribution in [0.2, 0.25) is 0 Å². The number of sulfonamides is 1. The molecule has 23 heavy (non-hydrogen) atoms. The zero-order valence-corrected chi connectivity index (χ0v) is 14.0. The zero-order chi connectivity index (χ0) is 16.7. The number of benzene rings is 2. The van der Waals surface area contributed by atoms with Crippen LogP contribution in [0.1, 0.15) is 24.5 Å². The fourth-order valence-corrected chi connectivity index (χ4v) is 2.60. The fraction of sp³-hybridized carbons (Fsp3) is 0.235. The predicted molar refractivity (Wildman–Crippen MR) is 91.3 cm³/mol. The van der Waals surface area contributed by atoms with Crippen LogP contribution in [-0.2, 0) is 10.0 Å². The Morgan fingerprint density at radius 3 is 2.35 bits per heavy atom. The van der Waals surface area contributed by atoms with Crippen molar-refractivity contribution in [3.05, 3.63) is 59.7 Å². The first-order valence-electron chi connectivity index (χ1n) is 7.35. The standard InChI is InChI=1S/C17H20N2O3S/c1-3-12-22-16-8-6-15(7-9-16)13-18-19-23(20,21)17-10-4-14(2)5-11-17/h4-11,13,19H,3,12H2,1-2H3/b18-13-. The maximum absolute atomic E-state index is 12.1. The highest BCUT2D eigenvalue weighted by Crippen LogP contribution is 2.12. The van der Waals surface area contributed by atoms with Gasteiger partial charge in [-0.05, 0) is 55.3 Å². The smallest absolute Gasteiger partial charge is 0.276 e. The number of rotatable bonds is 7. The number of nitrogens with one attached hydrogen (secondary N) is 1. The molecule has 2 rings (SSSR count). The maximum atomic E-state index is 12.1. The molecule has 0 saturated carbocycles. The van der Waals surface area contributed by atoms with E-state index in [9.17, 15) is 8.42 Å². The molecule has 0 fully saturated rings. The first-order chi connectivity index (χ1) is 11.0. The topological polar surface area (TPSA) is 67.8 Å². The molecule has 122 valence electrons.